The van der Waals surface area contributed by atoms with Gasteiger partial charge in [0.05, 0.1) is 19.8 Å². The monoisotopic (exact) mass is 301 g/mol. The summed E-state index contributed by atoms with van der Waals surface area (Å²) in [6.07, 6.45) is 4.49. The van der Waals surface area contributed by atoms with Crippen molar-refractivity contribution < 1.29 is 14.3 Å². The van der Waals surface area contributed by atoms with Crippen molar-refractivity contribution in [2.45, 2.75) is 50.0 Å². The normalized spacial score (nSPS) is 27.0. The van der Waals surface area contributed by atoms with E-state index in [1.165, 1.54) is 5.56 Å². The van der Waals surface area contributed by atoms with Crippen LogP contribution >= 0.6 is 0 Å². The zero-order valence-electron chi connectivity index (χ0n) is 12.9. The van der Waals surface area contributed by atoms with Crippen LogP contribution in [0.25, 0.3) is 0 Å². The van der Waals surface area contributed by atoms with Gasteiger partial charge in [0.1, 0.15) is 5.78 Å². The summed E-state index contributed by atoms with van der Waals surface area (Å²) in [6.45, 7) is 2.87. The maximum absolute atomic E-state index is 12.1. The van der Waals surface area contributed by atoms with E-state index in [0.717, 1.165) is 32.2 Å². The minimum atomic E-state index is -0.352. The minimum absolute atomic E-state index is 0.0213. The number of hydrogen-bond acceptors (Lipinski definition) is 4. The Bertz CT molecular complexity index is 541. The molecule has 3 aliphatic rings. The highest BCUT2D eigenvalue weighted by Crippen LogP contribution is 2.47. The SMILES string of the molecule is O=C1CN(Cc2ccccc2)C2(CCC3(CC2)OCCO3)C1. The Kier molecular flexibility index (Phi) is 3.56. The number of nitrogens with zero attached hydrogens (tertiary/aromatic N) is 1. The molecule has 0 atom stereocenters. The van der Waals surface area contributed by atoms with Crippen LogP contribution in [0.15, 0.2) is 30.3 Å². The van der Waals surface area contributed by atoms with Crippen LogP contribution in [0.3, 0.4) is 0 Å². The topological polar surface area (TPSA) is 38.8 Å². The van der Waals surface area contributed by atoms with Gasteiger partial charge in [-0.25, -0.2) is 0 Å². The summed E-state index contributed by atoms with van der Waals surface area (Å²) < 4.78 is 11.7. The molecule has 0 amide bonds. The average Bonchev–Trinajstić information content (AvgIpc) is 3.10. The van der Waals surface area contributed by atoms with Crippen molar-refractivity contribution in [1.82, 2.24) is 4.90 Å². The molecule has 4 rings (SSSR count). The molecule has 0 N–H and O–H groups in total. The first-order valence-corrected chi connectivity index (χ1v) is 8.28. The summed E-state index contributed by atoms with van der Waals surface area (Å²) in [5, 5.41) is 0. The number of benzene rings is 1. The van der Waals surface area contributed by atoms with Gasteiger partial charge >= 0.3 is 0 Å². The predicted octanol–water partition coefficient (Wildman–Crippen LogP) is 2.52. The molecule has 4 heteroatoms. The molecule has 2 saturated heterocycles. The third kappa shape index (κ3) is 2.49. The lowest BCUT2D eigenvalue weighted by Gasteiger charge is -2.46. The van der Waals surface area contributed by atoms with E-state index in [0.29, 0.717) is 32.0 Å². The first-order chi connectivity index (χ1) is 10.7. The second kappa shape index (κ2) is 5.44. The van der Waals surface area contributed by atoms with Gasteiger partial charge in [0, 0.05) is 31.3 Å². The third-order valence-corrected chi connectivity index (χ3v) is 5.54. The Balaban J connectivity index is 1.50. The summed E-state index contributed by atoms with van der Waals surface area (Å²) in [4.78, 5) is 14.5. The number of hydrogen-bond donors (Lipinski definition) is 0. The summed E-state index contributed by atoms with van der Waals surface area (Å²) in [5.41, 5.74) is 1.30. The van der Waals surface area contributed by atoms with Gasteiger partial charge < -0.3 is 9.47 Å². The van der Waals surface area contributed by atoms with Crippen molar-refractivity contribution in [2.75, 3.05) is 19.8 Å². The van der Waals surface area contributed by atoms with Gasteiger partial charge in [-0.15, -0.1) is 0 Å². The molecule has 0 radical (unpaired) electrons. The summed E-state index contributed by atoms with van der Waals surface area (Å²) in [6, 6.07) is 10.5. The van der Waals surface area contributed by atoms with Crippen molar-refractivity contribution in [2.24, 2.45) is 0 Å². The van der Waals surface area contributed by atoms with Gasteiger partial charge in [0.25, 0.3) is 0 Å². The standard InChI is InChI=1S/C18H23NO3/c20-16-12-17(6-8-18(9-7-17)21-10-11-22-18)19(14-16)13-15-4-2-1-3-5-15/h1-5H,6-14H2. The third-order valence-electron chi connectivity index (χ3n) is 5.54. The van der Waals surface area contributed by atoms with E-state index in [-0.39, 0.29) is 11.3 Å². The van der Waals surface area contributed by atoms with E-state index in [2.05, 4.69) is 29.2 Å². The molecule has 22 heavy (non-hydrogen) atoms. The molecule has 1 aliphatic carbocycles. The van der Waals surface area contributed by atoms with Crippen LogP contribution in [0.2, 0.25) is 0 Å². The number of rotatable bonds is 2. The van der Waals surface area contributed by atoms with Gasteiger partial charge in [-0.3, -0.25) is 9.69 Å². The first-order valence-electron chi connectivity index (χ1n) is 8.28. The second-order valence-electron chi connectivity index (χ2n) is 6.89. The quantitative estimate of drug-likeness (QED) is 0.841. The Labute approximate surface area is 131 Å². The van der Waals surface area contributed by atoms with Crippen molar-refractivity contribution in [3.05, 3.63) is 35.9 Å². The summed E-state index contributed by atoms with van der Waals surface area (Å²) >= 11 is 0. The van der Waals surface area contributed by atoms with E-state index in [1.807, 2.05) is 6.07 Å². The average molecular weight is 301 g/mol. The molecule has 0 bridgehead atoms. The number of carbonyl (C=O) groups is 1. The summed E-state index contributed by atoms with van der Waals surface area (Å²) in [5.74, 6) is 0.0232. The highest BCUT2D eigenvalue weighted by molar-refractivity contribution is 5.84. The van der Waals surface area contributed by atoms with Crippen LogP contribution in [0, 0.1) is 0 Å². The summed E-state index contributed by atoms with van der Waals surface area (Å²) in [7, 11) is 0. The fourth-order valence-electron chi connectivity index (χ4n) is 4.32. The Morgan fingerprint density at radius 1 is 1.00 bits per heavy atom. The van der Waals surface area contributed by atoms with Crippen molar-refractivity contribution in [3.8, 4) is 0 Å². The van der Waals surface area contributed by atoms with E-state index in [1.54, 1.807) is 0 Å². The van der Waals surface area contributed by atoms with Crippen LogP contribution < -0.4 is 0 Å². The number of Topliss-reactive ketones (excluding diaryl/α,β-unsaturated/α-hetero) is 1. The molecule has 118 valence electrons. The van der Waals surface area contributed by atoms with Crippen molar-refractivity contribution >= 4 is 5.78 Å². The van der Waals surface area contributed by atoms with Crippen LogP contribution in [-0.4, -0.2) is 41.8 Å². The zero-order chi connectivity index (χ0) is 15.0. The number of ketones is 1. The number of ether oxygens (including phenoxy) is 2. The Morgan fingerprint density at radius 2 is 1.68 bits per heavy atom. The van der Waals surface area contributed by atoms with Crippen LogP contribution in [0.5, 0.6) is 0 Å². The van der Waals surface area contributed by atoms with E-state index >= 15 is 0 Å². The predicted molar refractivity (Wildman–Crippen MR) is 82.3 cm³/mol. The number of carbonyl (C=O) groups excluding carboxylic acids is 1. The van der Waals surface area contributed by atoms with Gasteiger partial charge in [-0.2, -0.15) is 0 Å². The molecular weight excluding hydrogens is 278 g/mol. The van der Waals surface area contributed by atoms with Gasteiger partial charge in [0.2, 0.25) is 0 Å². The van der Waals surface area contributed by atoms with Crippen molar-refractivity contribution in [1.29, 1.82) is 0 Å². The second-order valence-corrected chi connectivity index (χ2v) is 6.89. The fourth-order valence-corrected chi connectivity index (χ4v) is 4.32. The highest BCUT2D eigenvalue weighted by Gasteiger charge is 2.52. The van der Waals surface area contributed by atoms with Crippen LogP contribution in [-0.2, 0) is 20.8 Å². The highest BCUT2D eigenvalue weighted by atomic mass is 16.7. The molecule has 2 spiro atoms. The van der Waals surface area contributed by atoms with Gasteiger partial charge in [0.15, 0.2) is 5.79 Å². The molecule has 2 aliphatic heterocycles. The van der Waals surface area contributed by atoms with Gasteiger partial charge in [-0.05, 0) is 18.4 Å². The first kappa shape index (κ1) is 14.4. The Morgan fingerprint density at radius 3 is 2.36 bits per heavy atom. The fraction of sp³-hybridized carbons (Fsp3) is 0.611. The maximum atomic E-state index is 12.1. The zero-order valence-corrected chi connectivity index (χ0v) is 12.9. The molecule has 0 aromatic heterocycles. The smallest absolute Gasteiger partial charge is 0.168 e. The molecule has 3 fully saturated rings. The lowest BCUT2D eigenvalue weighted by atomic mass is 9.76. The maximum Gasteiger partial charge on any atom is 0.168 e. The number of likely N-dealkylation sites (tertiary alicyclic amines) is 1. The van der Waals surface area contributed by atoms with E-state index in [4.69, 9.17) is 9.47 Å². The lowest BCUT2D eigenvalue weighted by Crippen LogP contribution is -2.50. The molecule has 4 nitrogen and oxygen atoms in total. The molecule has 1 aromatic carbocycles. The molecule has 1 aromatic rings. The van der Waals surface area contributed by atoms with Crippen molar-refractivity contribution in [3.63, 3.8) is 0 Å². The Hall–Kier alpha value is -1.23. The lowest BCUT2D eigenvalue weighted by molar-refractivity contribution is -0.192. The van der Waals surface area contributed by atoms with Gasteiger partial charge in [-0.1, -0.05) is 30.3 Å². The van der Waals surface area contributed by atoms with Crippen LogP contribution in [0.1, 0.15) is 37.7 Å². The minimum Gasteiger partial charge on any atom is -0.348 e. The molecule has 2 heterocycles. The largest absolute Gasteiger partial charge is 0.348 e. The molecular formula is C18H23NO3. The van der Waals surface area contributed by atoms with E-state index < -0.39 is 0 Å². The van der Waals surface area contributed by atoms with E-state index in [9.17, 15) is 4.79 Å². The molecule has 1 saturated carbocycles. The molecule has 0 unspecified atom stereocenters. The van der Waals surface area contributed by atoms with Crippen LogP contribution in [0.4, 0.5) is 0 Å².